The lowest BCUT2D eigenvalue weighted by molar-refractivity contribution is -0.137. The molecule has 0 heterocycles. The maximum absolute atomic E-state index is 12.2. The minimum absolute atomic E-state index is 0.000776. The van der Waals surface area contributed by atoms with Gasteiger partial charge in [-0.15, -0.1) is 0 Å². The van der Waals surface area contributed by atoms with Crippen LogP contribution in [0, 0.1) is 0 Å². The molecule has 0 aliphatic heterocycles. The minimum atomic E-state index is -0.641. The molecule has 0 atom stereocenters. The van der Waals surface area contributed by atoms with Crippen molar-refractivity contribution in [2.24, 2.45) is 0 Å². The first-order chi connectivity index (χ1) is 10.6. The van der Waals surface area contributed by atoms with Gasteiger partial charge in [-0.1, -0.05) is 18.2 Å². The molecule has 0 unspecified atom stereocenters. The Morgan fingerprint density at radius 1 is 1.18 bits per heavy atom. The zero-order valence-electron chi connectivity index (χ0n) is 12.7. The number of benzene rings is 1. The van der Waals surface area contributed by atoms with E-state index in [-0.39, 0.29) is 5.57 Å². The monoisotopic (exact) mass is 301 g/mol. The largest absolute Gasteiger partial charge is 0.497 e. The summed E-state index contributed by atoms with van der Waals surface area (Å²) in [6.07, 6.45) is 6.57. The van der Waals surface area contributed by atoms with Crippen LogP contribution in [0.2, 0.25) is 0 Å². The molecular weight excluding hydrogens is 282 g/mol. The number of nitrogens with one attached hydrogen (secondary N) is 1. The molecule has 0 spiro atoms. The molecule has 5 nitrogen and oxygen atoms in total. The van der Waals surface area contributed by atoms with Gasteiger partial charge in [0.1, 0.15) is 11.3 Å². The number of methoxy groups -OCH3 is 2. The van der Waals surface area contributed by atoms with E-state index in [1.165, 1.54) is 19.4 Å². The van der Waals surface area contributed by atoms with E-state index in [1.54, 1.807) is 25.3 Å². The van der Waals surface area contributed by atoms with Crippen LogP contribution in [0.4, 0.5) is 0 Å². The van der Waals surface area contributed by atoms with Gasteiger partial charge in [0.05, 0.1) is 14.2 Å². The SMILES string of the molecule is COC(=O)/C(=C\NC1CC1)C(=O)/C=C/c1ccc(OC)cc1. The van der Waals surface area contributed by atoms with Crippen molar-refractivity contribution < 1.29 is 19.1 Å². The number of allylic oxidation sites excluding steroid dienone is 1. The fourth-order valence-corrected chi connectivity index (χ4v) is 1.77. The molecule has 0 amide bonds. The van der Waals surface area contributed by atoms with Gasteiger partial charge in [-0.05, 0) is 36.6 Å². The summed E-state index contributed by atoms with van der Waals surface area (Å²) in [6, 6.07) is 7.61. The summed E-state index contributed by atoms with van der Waals surface area (Å²) >= 11 is 0. The fraction of sp³-hybridized carbons (Fsp3) is 0.294. The van der Waals surface area contributed by atoms with E-state index < -0.39 is 11.8 Å². The van der Waals surface area contributed by atoms with E-state index in [9.17, 15) is 9.59 Å². The lowest BCUT2D eigenvalue weighted by atomic mass is 10.1. The summed E-state index contributed by atoms with van der Waals surface area (Å²) < 4.78 is 9.72. The number of esters is 1. The number of carbonyl (C=O) groups excluding carboxylic acids is 2. The molecule has 0 aromatic heterocycles. The average molecular weight is 301 g/mol. The van der Waals surface area contributed by atoms with Crippen molar-refractivity contribution in [2.75, 3.05) is 14.2 Å². The van der Waals surface area contributed by atoms with Gasteiger partial charge < -0.3 is 14.8 Å². The quantitative estimate of drug-likeness (QED) is 0.361. The number of ketones is 1. The van der Waals surface area contributed by atoms with Crippen LogP contribution in [0.25, 0.3) is 6.08 Å². The van der Waals surface area contributed by atoms with Crippen LogP contribution in [-0.4, -0.2) is 32.0 Å². The van der Waals surface area contributed by atoms with E-state index in [2.05, 4.69) is 10.1 Å². The van der Waals surface area contributed by atoms with Crippen molar-refractivity contribution in [1.29, 1.82) is 0 Å². The van der Waals surface area contributed by atoms with Crippen LogP contribution in [-0.2, 0) is 14.3 Å². The van der Waals surface area contributed by atoms with Crippen molar-refractivity contribution in [3.63, 3.8) is 0 Å². The van der Waals surface area contributed by atoms with Gasteiger partial charge in [0.2, 0.25) is 0 Å². The third-order valence-electron chi connectivity index (χ3n) is 3.25. The lowest BCUT2D eigenvalue weighted by Gasteiger charge is -2.03. The molecule has 22 heavy (non-hydrogen) atoms. The number of rotatable bonds is 7. The summed E-state index contributed by atoms with van der Waals surface area (Å²) in [6.45, 7) is 0. The molecule has 2 rings (SSSR count). The highest BCUT2D eigenvalue weighted by molar-refractivity contribution is 6.22. The Kier molecular flexibility index (Phi) is 5.36. The Morgan fingerprint density at radius 3 is 2.41 bits per heavy atom. The molecule has 0 radical (unpaired) electrons. The second-order valence-corrected chi connectivity index (χ2v) is 4.96. The van der Waals surface area contributed by atoms with Crippen molar-refractivity contribution >= 4 is 17.8 Å². The molecule has 1 aliphatic carbocycles. The van der Waals surface area contributed by atoms with Crippen molar-refractivity contribution in [2.45, 2.75) is 18.9 Å². The standard InChI is InChI=1S/C17H19NO4/c1-21-14-8-3-12(4-9-14)5-10-16(19)15(17(20)22-2)11-18-13-6-7-13/h3-5,8-11,13,18H,6-7H2,1-2H3/b10-5+,15-11-. The second-order valence-electron chi connectivity index (χ2n) is 4.96. The molecular formula is C17H19NO4. The van der Waals surface area contributed by atoms with Crippen LogP contribution in [0.5, 0.6) is 5.75 Å². The normalized spacial score (nSPS) is 14.7. The highest BCUT2D eigenvalue weighted by atomic mass is 16.5. The van der Waals surface area contributed by atoms with E-state index in [4.69, 9.17) is 4.74 Å². The Balaban J connectivity index is 2.06. The number of ether oxygens (including phenoxy) is 2. The van der Waals surface area contributed by atoms with Crippen LogP contribution in [0.1, 0.15) is 18.4 Å². The second kappa shape index (κ2) is 7.45. The third-order valence-corrected chi connectivity index (χ3v) is 3.25. The van der Waals surface area contributed by atoms with E-state index in [0.29, 0.717) is 6.04 Å². The molecule has 0 saturated heterocycles. The van der Waals surface area contributed by atoms with Crippen molar-refractivity contribution in [3.8, 4) is 5.75 Å². The first-order valence-electron chi connectivity index (χ1n) is 7.05. The Hall–Kier alpha value is -2.56. The van der Waals surface area contributed by atoms with Crippen LogP contribution in [0.15, 0.2) is 42.1 Å². The van der Waals surface area contributed by atoms with E-state index >= 15 is 0 Å². The zero-order chi connectivity index (χ0) is 15.9. The average Bonchev–Trinajstić information content (AvgIpc) is 3.37. The highest BCUT2D eigenvalue weighted by Gasteiger charge is 2.22. The highest BCUT2D eigenvalue weighted by Crippen LogP contribution is 2.19. The van der Waals surface area contributed by atoms with Gasteiger partial charge in [-0.2, -0.15) is 0 Å². The molecule has 1 saturated carbocycles. The number of hydrogen-bond acceptors (Lipinski definition) is 5. The Bertz CT molecular complexity index is 598. The Morgan fingerprint density at radius 2 is 1.86 bits per heavy atom. The summed E-state index contributed by atoms with van der Waals surface area (Å²) in [4.78, 5) is 23.8. The summed E-state index contributed by atoms with van der Waals surface area (Å²) in [5.74, 6) is -0.291. The van der Waals surface area contributed by atoms with Crippen molar-refractivity contribution in [1.82, 2.24) is 5.32 Å². The van der Waals surface area contributed by atoms with Crippen LogP contribution >= 0.6 is 0 Å². The summed E-state index contributed by atoms with van der Waals surface area (Å²) in [7, 11) is 2.85. The fourth-order valence-electron chi connectivity index (χ4n) is 1.77. The molecule has 1 N–H and O–H groups in total. The molecule has 5 heteroatoms. The summed E-state index contributed by atoms with van der Waals surface area (Å²) in [5, 5.41) is 3.03. The molecule has 1 aliphatic rings. The smallest absolute Gasteiger partial charge is 0.343 e. The molecule has 116 valence electrons. The minimum Gasteiger partial charge on any atom is -0.497 e. The van der Waals surface area contributed by atoms with Gasteiger partial charge in [0, 0.05) is 12.2 Å². The van der Waals surface area contributed by atoms with E-state index in [1.807, 2.05) is 12.1 Å². The number of carbonyl (C=O) groups is 2. The van der Waals surface area contributed by atoms with E-state index in [0.717, 1.165) is 24.2 Å². The molecule has 1 aromatic carbocycles. The van der Waals surface area contributed by atoms with Crippen molar-refractivity contribution in [3.05, 3.63) is 47.7 Å². The first-order valence-corrected chi connectivity index (χ1v) is 7.05. The van der Waals surface area contributed by atoms with Gasteiger partial charge in [-0.25, -0.2) is 4.79 Å². The van der Waals surface area contributed by atoms with Crippen LogP contribution in [0.3, 0.4) is 0 Å². The van der Waals surface area contributed by atoms with Crippen LogP contribution < -0.4 is 10.1 Å². The topological polar surface area (TPSA) is 64.6 Å². The number of hydrogen-bond donors (Lipinski definition) is 1. The Labute approximate surface area is 129 Å². The van der Waals surface area contributed by atoms with Gasteiger partial charge in [0.15, 0.2) is 5.78 Å². The molecule has 1 aromatic rings. The third kappa shape index (κ3) is 4.48. The molecule has 1 fully saturated rings. The lowest BCUT2D eigenvalue weighted by Crippen LogP contribution is -2.18. The van der Waals surface area contributed by atoms with Gasteiger partial charge in [0.25, 0.3) is 0 Å². The first kappa shape index (κ1) is 15.8. The van der Waals surface area contributed by atoms with Gasteiger partial charge in [-0.3, -0.25) is 4.79 Å². The predicted molar refractivity (Wildman–Crippen MR) is 83.3 cm³/mol. The van der Waals surface area contributed by atoms with Gasteiger partial charge >= 0.3 is 5.97 Å². The zero-order valence-corrected chi connectivity index (χ0v) is 12.7. The maximum Gasteiger partial charge on any atom is 0.343 e. The molecule has 0 bridgehead atoms. The summed E-state index contributed by atoms with van der Waals surface area (Å²) in [5.41, 5.74) is 0.840. The maximum atomic E-state index is 12.2. The predicted octanol–water partition coefficient (Wildman–Crippen LogP) is 2.09.